The predicted octanol–water partition coefficient (Wildman–Crippen LogP) is 2.05. The van der Waals surface area contributed by atoms with Gasteiger partial charge in [0.2, 0.25) is 0 Å². The lowest BCUT2D eigenvalue weighted by Crippen LogP contribution is -2.18. The first kappa shape index (κ1) is 11.9. The Labute approximate surface area is 104 Å². The molecular weight excluding hydrogens is 232 g/mol. The van der Waals surface area contributed by atoms with Crippen LogP contribution in [0.15, 0.2) is 52.4 Å². The third-order valence-corrected chi connectivity index (χ3v) is 2.27. The average Bonchev–Trinajstić information content (AvgIpc) is 2.91. The van der Waals surface area contributed by atoms with Crippen LogP contribution < -0.4 is 10.2 Å². The number of hydrogen-bond acceptors (Lipinski definition) is 4. The van der Waals surface area contributed by atoms with Gasteiger partial charge in [0.1, 0.15) is 5.75 Å². The molecule has 5 nitrogen and oxygen atoms in total. The van der Waals surface area contributed by atoms with Gasteiger partial charge in [0, 0.05) is 5.56 Å². The van der Waals surface area contributed by atoms with Crippen LogP contribution in [-0.2, 0) is 0 Å². The summed E-state index contributed by atoms with van der Waals surface area (Å²) in [5.74, 6) is 0.181. The van der Waals surface area contributed by atoms with E-state index >= 15 is 0 Å². The van der Waals surface area contributed by atoms with Gasteiger partial charge >= 0.3 is 0 Å². The van der Waals surface area contributed by atoms with Gasteiger partial charge in [0.25, 0.3) is 5.91 Å². The smallest absolute Gasteiger partial charge is 0.275 e. The first-order valence-corrected chi connectivity index (χ1v) is 5.30. The van der Waals surface area contributed by atoms with E-state index < -0.39 is 0 Å². The number of furan rings is 1. The molecule has 0 radical (unpaired) electrons. The second kappa shape index (κ2) is 5.67. The highest BCUT2D eigenvalue weighted by Gasteiger charge is 2.09. The molecule has 0 spiro atoms. The van der Waals surface area contributed by atoms with Crippen LogP contribution in [-0.4, -0.2) is 19.2 Å². The average molecular weight is 244 g/mol. The zero-order valence-electron chi connectivity index (χ0n) is 9.79. The summed E-state index contributed by atoms with van der Waals surface area (Å²) >= 11 is 0. The number of methoxy groups -OCH3 is 1. The van der Waals surface area contributed by atoms with Crippen molar-refractivity contribution in [3.63, 3.8) is 0 Å². The standard InChI is InChI=1S/C13H12N2O3/c1-17-12-5-3-2-4-11(12)13(16)15-14-8-10-6-7-18-9-10/h2-9H,1H3,(H,15,16). The minimum atomic E-state index is -0.327. The Kier molecular flexibility index (Phi) is 3.76. The highest BCUT2D eigenvalue weighted by molar-refractivity contribution is 5.97. The normalized spacial score (nSPS) is 10.5. The van der Waals surface area contributed by atoms with E-state index in [0.717, 1.165) is 5.56 Å². The molecule has 18 heavy (non-hydrogen) atoms. The summed E-state index contributed by atoms with van der Waals surface area (Å²) in [6.45, 7) is 0. The second-order valence-corrected chi connectivity index (χ2v) is 3.46. The number of ether oxygens (including phenoxy) is 1. The minimum absolute atomic E-state index is 0.327. The van der Waals surface area contributed by atoms with Crippen LogP contribution >= 0.6 is 0 Å². The van der Waals surface area contributed by atoms with E-state index in [0.29, 0.717) is 11.3 Å². The van der Waals surface area contributed by atoms with Crippen LogP contribution in [0.3, 0.4) is 0 Å². The van der Waals surface area contributed by atoms with Crippen LogP contribution in [0, 0.1) is 0 Å². The molecule has 0 saturated heterocycles. The van der Waals surface area contributed by atoms with Gasteiger partial charge in [-0.2, -0.15) is 5.10 Å². The molecule has 0 aliphatic rings. The molecule has 0 atom stereocenters. The number of amides is 1. The molecule has 0 saturated carbocycles. The van der Waals surface area contributed by atoms with Crippen molar-refractivity contribution in [2.45, 2.75) is 0 Å². The van der Waals surface area contributed by atoms with E-state index in [4.69, 9.17) is 9.15 Å². The summed E-state index contributed by atoms with van der Waals surface area (Å²) in [6.07, 6.45) is 4.55. The van der Waals surface area contributed by atoms with E-state index in [1.54, 1.807) is 30.3 Å². The van der Waals surface area contributed by atoms with Crippen molar-refractivity contribution < 1.29 is 13.9 Å². The fourth-order valence-electron chi connectivity index (χ4n) is 1.41. The number of hydrazone groups is 1. The number of hydrogen-bond donors (Lipinski definition) is 1. The van der Waals surface area contributed by atoms with Gasteiger partial charge in [-0.25, -0.2) is 5.43 Å². The molecular formula is C13H12N2O3. The third kappa shape index (κ3) is 2.76. The molecule has 1 heterocycles. The maximum absolute atomic E-state index is 11.8. The number of rotatable bonds is 4. The zero-order valence-corrected chi connectivity index (χ0v) is 9.79. The lowest BCUT2D eigenvalue weighted by Gasteiger charge is -2.05. The van der Waals surface area contributed by atoms with Gasteiger partial charge in [-0.1, -0.05) is 12.1 Å². The Balaban J connectivity index is 2.04. The second-order valence-electron chi connectivity index (χ2n) is 3.46. The fraction of sp³-hybridized carbons (Fsp3) is 0.0769. The number of benzene rings is 1. The van der Waals surface area contributed by atoms with Gasteiger partial charge in [-0.15, -0.1) is 0 Å². The Morgan fingerprint density at radius 2 is 2.22 bits per heavy atom. The van der Waals surface area contributed by atoms with Crippen LogP contribution in [0.2, 0.25) is 0 Å². The Hall–Kier alpha value is -2.56. The summed E-state index contributed by atoms with van der Waals surface area (Å²) in [5, 5.41) is 3.83. The van der Waals surface area contributed by atoms with Crippen molar-refractivity contribution in [1.29, 1.82) is 0 Å². The first-order valence-electron chi connectivity index (χ1n) is 5.30. The van der Waals surface area contributed by atoms with E-state index in [1.165, 1.54) is 25.9 Å². The van der Waals surface area contributed by atoms with Crippen molar-refractivity contribution in [2.24, 2.45) is 5.10 Å². The summed E-state index contributed by atoms with van der Waals surface area (Å²) in [6, 6.07) is 8.68. The SMILES string of the molecule is COc1ccccc1C(=O)NN=Cc1ccoc1. The van der Waals surface area contributed by atoms with Crippen molar-refractivity contribution in [3.8, 4) is 5.75 Å². The fourth-order valence-corrected chi connectivity index (χ4v) is 1.41. The van der Waals surface area contributed by atoms with Gasteiger partial charge in [0.15, 0.2) is 0 Å². The summed E-state index contributed by atoms with van der Waals surface area (Å²) in [7, 11) is 1.51. The molecule has 1 aromatic carbocycles. The molecule has 1 aromatic heterocycles. The number of nitrogens with one attached hydrogen (secondary N) is 1. The molecule has 0 aliphatic heterocycles. The molecule has 5 heteroatoms. The van der Waals surface area contributed by atoms with E-state index in [9.17, 15) is 4.79 Å². The molecule has 0 unspecified atom stereocenters. The molecule has 0 fully saturated rings. The highest BCUT2D eigenvalue weighted by Crippen LogP contribution is 2.16. The summed E-state index contributed by atoms with van der Waals surface area (Å²) in [4.78, 5) is 11.8. The molecule has 2 rings (SSSR count). The monoisotopic (exact) mass is 244 g/mol. The lowest BCUT2D eigenvalue weighted by atomic mass is 10.2. The maximum Gasteiger partial charge on any atom is 0.275 e. The number of carbonyl (C=O) groups excluding carboxylic acids is 1. The van der Waals surface area contributed by atoms with Crippen molar-refractivity contribution in [1.82, 2.24) is 5.43 Å². The van der Waals surface area contributed by atoms with Crippen LogP contribution in [0.1, 0.15) is 15.9 Å². The first-order chi connectivity index (χ1) is 8.81. The van der Waals surface area contributed by atoms with E-state index in [-0.39, 0.29) is 5.91 Å². The van der Waals surface area contributed by atoms with Crippen LogP contribution in [0.5, 0.6) is 5.75 Å². The van der Waals surface area contributed by atoms with Gasteiger partial charge < -0.3 is 9.15 Å². The van der Waals surface area contributed by atoms with Crippen molar-refractivity contribution in [3.05, 3.63) is 54.0 Å². The predicted molar refractivity (Wildman–Crippen MR) is 66.8 cm³/mol. The molecule has 1 N–H and O–H groups in total. The molecule has 92 valence electrons. The lowest BCUT2D eigenvalue weighted by molar-refractivity contribution is 0.0952. The van der Waals surface area contributed by atoms with Gasteiger partial charge in [0.05, 0.1) is 31.4 Å². The van der Waals surface area contributed by atoms with Crippen LogP contribution in [0.4, 0.5) is 0 Å². The van der Waals surface area contributed by atoms with Gasteiger partial charge in [-0.05, 0) is 18.2 Å². The number of nitrogens with zero attached hydrogens (tertiary/aromatic N) is 1. The van der Waals surface area contributed by atoms with E-state index in [1.807, 2.05) is 0 Å². The number of carbonyl (C=O) groups is 1. The summed E-state index contributed by atoms with van der Waals surface area (Å²) in [5.41, 5.74) is 3.63. The van der Waals surface area contributed by atoms with Crippen molar-refractivity contribution >= 4 is 12.1 Å². The van der Waals surface area contributed by atoms with E-state index in [2.05, 4.69) is 10.5 Å². The van der Waals surface area contributed by atoms with Gasteiger partial charge in [-0.3, -0.25) is 4.79 Å². The van der Waals surface area contributed by atoms with Crippen LogP contribution in [0.25, 0.3) is 0 Å². The molecule has 2 aromatic rings. The molecule has 1 amide bonds. The highest BCUT2D eigenvalue weighted by atomic mass is 16.5. The third-order valence-electron chi connectivity index (χ3n) is 2.27. The molecule has 0 bridgehead atoms. The number of para-hydroxylation sites is 1. The Morgan fingerprint density at radius 1 is 1.39 bits per heavy atom. The molecule has 0 aliphatic carbocycles. The Bertz CT molecular complexity index is 547. The Morgan fingerprint density at radius 3 is 2.94 bits per heavy atom. The topological polar surface area (TPSA) is 63.8 Å². The van der Waals surface area contributed by atoms with Crippen molar-refractivity contribution in [2.75, 3.05) is 7.11 Å². The summed E-state index contributed by atoms with van der Waals surface area (Å²) < 4.78 is 9.96. The largest absolute Gasteiger partial charge is 0.496 e. The zero-order chi connectivity index (χ0) is 12.8. The minimum Gasteiger partial charge on any atom is -0.496 e. The quantitative estimate of drug-likeness (QED) is 0.661. The maximum atomic E-state index is 11.8.